The lowest BCUT2D eigenvalue weighted by atomic mass is 10.2. The fraction of sp³-hybridized carbons (Fsp3) is 0.500. The maximum Gasteiger partial charge on any atom is 0.238 e. The van der Waals surface area contributed by atoms with Crippen molar-refractivity contribution in [2.45, 2.75) is 25.8 Å². The highest BCUT2D eigenvalue weighted by atomic mass is 32.2. The highest BCUT2D eigenvalue weighted by molar-refractivity contribution is 7.89. The molecule has 0 spiro atoms. The number of hydrogen-bond acceptors (Lipinski definition) is 3. The van der Waals surface area contributed by atoms with Gasteiger partial charge in [-0.3, -0.25) is 4.79 Å². The van der Waals surface area contributed by atoms with Crippen molar-refractivity contribution in [3.63, 3.8) is 0 Å². The largest absolute Gasteiger partial charge is 0.353 e. The monoisotopic (exact) mass is 296 g/mol. The molecule has 6 heteroatoms. The van der Waals surface area contributed by atoms with E-state index in [1.807, 2.05) is 37.3 Å². The summed E-state index contributed by atoms with van der Waals surface area (Å²) in [4.78, 5) is 11.7. The van der Waals surface area contributed by atoms with E-state index in [2.05, 4.69) is 5.32 Å². The van der Waals surface area contributed by atoms with E-state index in [9.17, 15) is 13.2 Å². The Morgan fingerprint density at radius 1 is 1.30 bits per heavy atom. The minimum atomic E-state index is -3.40. The van der Waals surface area contributed by atoms with Crippen LogP contribution < -0.4 is 5.32 Å². The third-order valence-electron chi connectivity index (χ3n) is 3.52. The lowest BCUT2D eigenvalue weighted by molar-refractivity contribution is -0.126. The topological polar surface area (TPSA) is 66.5 Å². The molecule has 1 atom stereocenters. The maximum atomic E-state index is 12.4. The average molecular weight is 296 g/mol. The summed E-state index contributed by atoms with van der Waals surface area (Å²) in [5.41, 5.74) is 0.991. The molecule has 110 valence electrons. The smallest absolute Gasteiger partial charge is 0.238 e. The zero-order valence-electron chi connectivity index (χ0n) is 11.6. The highest BCUT2D eigenvalue weighted by Gasteiger charge is 2.35. The van der Waals surface area contributed by atoms with Crippen LogP contribution >= 0.6 is 0 Å². The molecule has 0 aromatic heterocycles. The fourth-order valence-corrected chi connectivity index (χ4v) is 4.15. The van der Waals surface area contributed by atoms with Crippen LogP contribution in [0.25, 0.3) is 0 Å². The van der Waals surface area contributed by atoms with Gasteiger partial charge in [0.25, 0.3) is 0 Å². The molecular formula is C14H20N2O3S. The van der Waals surface area contributed by atoms with Crippen LogP contribution in [0.5, 0.6) is 0 Å². The lowest BCUT2D eigenvalue weighted by Gasteiger charge is -2.33. The number of hydrogen-bond donors (Lipinski definition) is 1. The van der Waals surface area contributed by atoms with Gasteiger partial charge in [0.05, 0.1) is 5.75 Å². The number of piperazine rings is 1. The van der Waals surface area contributed by atoms with E-state index < -0.39 is 16.1 Å². The summed E-state index contributed by atoms with van der Waals surface area (Å²) in [6.45, 7) is 2.58. The molecule has 1 aromatic carbocycles. The predicted molar refractivity (Wildman–Crippen MR) is 77.7 cm³/mol. The third kappa shape index (κ3) is 3.37. The molecule has 1 saturated heterocycles. The summed E-state index contributed by atoms with van der Waals surface area (Å²) in [5, 5.41) is 2.71. The molecular weight excluding hydrogens is 276 g/mol. The van der Waals surface area contributed by atoms with Crippen molar-refractivity contribution in [2.75, 3.05) is 18.8 Å². The lowest BCUT2D eigenvalue weighted by Crippen LogP contribution is -2.57. The number of carbonyl (C=O) groups excluding carboxylic acids is 1. The second-order valence-corrected chi connectivity index (χ2v) is 6.92. The Balaban J connectivity index is 2.07. The molecule has 0 radical (unpaired) electrons. The standard InChI is InChI=1S/C14H20N2O3S/c1-2-13-14(17)15-9-10-16(13)20(18,19)11-8-12-6-4-3-5-7-12/h3-7,13H,2,8-11H2,1H3,(H,15,17). The number of benzene rings is 1. The van der Waals surface area contributed by atoms with Crippen LogP contribution in [0.2, 0.25) is 0 Å². The zero-order valence-corrected chi connectivity index (χ0v) is 12.4. The summed E-state index contributed by atoms with van der Waals surface area (Å²) >= 11 is 0. The molecule has 1 aromatic rings. The first kappa shape index (κ1) is 15.0. The Morgan fingerprint density at radius 3 is 2.65 bits per heavy atom. The van der Waals surface area contributed by atoms with Crippen molar-refractivity contribution < 1.29 is 13.2 Å². The zero-order chi connectivity index (χ0) is 14.6. The van der Waals surface area contributed by atoms with Crippen molar-refractivity contribution in [3.8, 4) is 0 Å². The van der Waals surface area contributed by atoms with E-state index in [-0.39, 0.29) is 11.7 Å². The van der Waals surface area contributed by atoms with Gasteiger partial charge in [0.15, 0.2) is 0 Å². The summed E-state index contributed by atoms with van der Waals surface area (Å²) in [7, 11) is -3.40. The molecule has 1 fully saturated rings. The van der Waals surface area contributed by atoms with Crippen molar-refractivity contribution in [1.82, 2.24) is 9.62 Å². The van der Waals surface area contributed by atoms with E-state index in [1.54, 1.807) is 0 Å². The normalized spacial score (nSPS) is 20.6. The second kappa shape index (κ2) is 6.37. The molecule has 1 heterocycles. The molecule has 0 saturated carbocycles. The minimum absolute atomic E-state index is 0.0425. The van der Waals surface area contributed by atoms with Crippen molar-refractivity contribution in [3.05, 3.63) is 35.9 Å². The Hall–Kier alpha value is -1.40. The first-order valence-electron chi connectivity index (χ1n) is 6.85. The third-order valence-corrected chi connectivity index (χ3v) is 5.39. The van der Waals surface area contributed by atoms with Gasteiger partial charge < -0.3 is 5.32 Å². The molecule has 2 rings (SSSR count). The molecule has 1 unspecified atom stereocenters. The van der Waals surface area contributed by atoms with Gasteiger partial charge in [-0.05, 0) is 18.4 Å². The van der Waals surface area contributed by atoms with Gasteiger partial charge in [0.2, 0.25) is 15.9 Å². The molecule has 1 aliphatic heterocycles. The van der Waals surface area contributed by atoms with Crippen LogP contribution in [0.4, 0.5) is 0 Å². The Kier molecular flexibility index (Phi) is 4.77. The van der Waals surface area contributed by atoms with Crippen LogP contribution in [-0.4, -0.2) is 43.5 Å². The number of rotatable bonds is 5. The quantitative estimate of drug-likeness (QED) is 0.873. The van der Waals surface area contributed by atoms with E-state index in [0.717, 1.165) is 5.56 Å². The van der Waals surface area contributed by atoms with Gasteiger partial charge in [-0.1, -0.05) is 37.3 Å². The van der Waals surface area contributed by atoms with Crippen molar-refractivity contribution in [2.24, 2.45) is 0 Å². The Labute approximate surface area is 120 Å². The summed E-state index contributed by atoms with van der Waals surface area (Å²) in [6, 6.07) is 8.95. The van der Waals surface area contributed by atoms with E-state index in [4.69, 9.17) is 0 Å². The number of sulfonamides is 1. The maximum absolute atomic E-state index is 12.4. The Morgan fingerprint density at radius 2 is 2.00 bits per heavy atom. The minimum Gasteiger partial charge on any atom is -0.353 e. The Bertz CT molecular complexity index is 557. The molecule has 5 nitrogen and oxygen atoms in total. The number of aryl methyl sites for hydroxylation is 1. The highest BCUT2D eigenvalue weighted by Crippen LogP contribution is 2.15. The van der Waals surface area contributed by atoms with Crippen LogP contribution in [0, 0.1) is 0 Å². The van der Waals surface area contributed by atoms with Gasteiger partial charge in [-0.2, -0.15) is 4.31 Å². The predicted octanol–water partition coefficient (Wildman–Crippen LogP) is 0.769. The van der Waals surface area contributed by atoms with Crippen LogP contribution in [0.15, 0.2) is 30.3 Å². The van der Waals surface area contributed by atoms with Crippen LogP contribution in [-0.2, 0) is 21.2 Å². The number of carbonyl (C=O) groups is 1. The first-order chi connectivity index (χ1) is 9.54. The van der Waals surface area contributed by atoms with Gasteiger partial charge in [0.1, 0.15) is 6.04 Å². The van der Waals surface area contributed by atoms with Crippen molar-refractivity contribution in [1.29, 1.82) is 0 Å². The van der Waals surface area contributed by atoms with Gasteiger partial charge >= 0.3 is 0 Å². The van der Waals surface area contributed by atoms with Crippen LogP contribution in [0.3, 0.4) is 0 Å². The number of nitrogens with one attached hydrogen (secondary N) is 1. The molecule has 0 bridgehead atoms. The van der Waals surface area contributed by atoms with Crippen LogP contribution in [0.1, 0.15) is 18.9 Å². The molecule has 1 amide bonds. The first-order valence-corrected chi connectivity index (χ1v) is 8.46. The molecule has 0 aliphatic carbocycles. The van der Waals surface area contributed by atoms with E-state index in [1.165, 1.54) is 4.31 Å². The average Bonchev–Trinajstić information content (AvgIpc) is 2.46. The molecule has 1 aliphatic rings. The fourth-order valence-electron chi connectivity index (χ4n) is 2.42. The summed E-state index contributed by atoms with van der Waals surface area (Å²) in [5.74, 6) is -0.150. The van der Waals surface area contributed by atoms with Gasteiger partial charge in [0, 0.05) is 13.1 Å². The van der Waals surface area contributed by atoms with Crippen molar-refractivity contribution >= 4 is 15.9 Å². The summed E-state index contributed by atoms with van der Waals surface area (Å²) in [6.07, 6.45) is 0.966. The SMILES string of the molecule is CCC1C(=O)NCCN1S(=O)(=O)CCc1ccccc1. The number of nitrogens with zero attached hydrogens (tertiary/aromatic N) is 1. The van der Waals surface area contributed by atoms with E-state index in [0.29, 0.717) is 25.9 Å². The van der Waals surface area contributed by atoms with E-state index >= 15 is 0 Å². The molecule has 20 heavy (non-hydrogen) atoms. The second-order valence-electron chi connectivity index (χ2n) is 4.88. The molecule has 1 N–H and O–H groups in total. The van der Waals surface area contributed by atoms with Gasteiger partial charge in [-0.25, -0.2) is 8.42 Å². The van der Waals surface area contributed by atoms with Gasteiger partial charge in [-0.15, -0.1) is 0 Å². The summed E-state index contributed by atoms with van der Waals surface area (Å²) < 4.78 is 26.2. The number of amides is 1.